The maximum atomic E-state index is 12.9. The fraction of sp³-hybridized carbons (Fsp3) is 0.538. The third-order valence-corrected chi connectivity index (χ3v) is 2.71. The standard InChI is InChI=1S/C13H19F2NO2/c1-13(17,9-16)6-2-3-7-18-10-4-5-11(14)12(15)8-10/h4-5,8,17H,2-3,6-7,9,16H2,1H3. The maximum Gasteiger partial charge on any atom is 0.162 e. The molecule has 1 atom stereocenters. The first-order chi connectivity index (χ1) is 8.44. The summed E-state index contributed by atoms with van der Waals surface area (Å²) in [7, 11) is 0. The van der Waals surface area contributed by atoms with Crippen LogP contribution in [0.1, 0.15) is 26.2 Å². The van der Waals surface area contributed by atoms with E-state index in [1.807, 2.05) is 0 Å². The highest BCUT2D eigenvalue weighted by molar-refractivity contribution is 5.23. The van der Waals surface area contributed by atoms with Crippen molar-refractivity contribution in [2.45, 2.75) is 31.8 Å². The molecule has 0 amide bonds. The molecule has 18 heavy (non-hydrogen) atoms. The SMILES string of the molecule is CC(O)(CN)CCCCOc1ccc(F)c(F)c1. The Kier molecular flexibility index (Phi) is 5.50. The number of hydrogen-bond donors (Lipinski definition) is 2. The summed E-state index contributed by atoms with van der Waals surface area (Å²) < 4.78 is 30.8. The van der Waals surface area contributed by atoms with E-state index in [1.54, 1.807) is 6.92 Å². The lowest BCUT2D eigenvalue weighted by Crippen LogP contribution is -2.33. The zero-order chi connectivity index (χ0) is 13.6. The van der Waals surface area contributed by atoms with Gasteiger partial charge in [0.15, 0.2) is 11.6 Å². The van der Waals surface area contributed by atoms with E-state index in [0.29, 0.717) is 18.8 Å². The molecule has 0 aliphatic heterocycles. The molecule has 3 nitrogen and oxygen atoms in total. The van der Waals surface area contributed by atoms with E-state index in [9.17, 15) is 13.9 Å². The quantitative estimate of drug-likeness (QED) is 0.738. The molecular formula is C13H19F2NO2. The van der Waals surface area contributed by atoms with Gasteiger partial charge in [-0.15, -0.1) is 0 Å². The number of unbranched alkanes of at least 4 members (excludes halogenated alkanes) is 1. The van der Waals surface area contributed by atoms with Gasteiger partial charge in [0.25, 0.3) is 0 Å². The van der Waals surface area contributed by atoms with Gasteiger partial charge in [-0.1, -0.05) is 0 Å². The van der Waals surface area contributed by atoms with Crippen LogP contribution < -0.4 is 10.5 Å². The highest BCUT2D eigenvalue weighted by atomic mass is 19.2. The normalized spacial score (nSPS) is 14.3. The average Bonchev–Trinajstić information content (AvgIpc) is 2.33. The first-order valence-electron chi connectivity index (χ1n) is 5.95. The van der Waals surface area contributed by atoms with Crippen LogP contribution in [0.3, 0.4) is 0 Å². The minimum atomic E-state index is -0.918. The molecule has 0 aliphatic rings. The molecule has 5 heteroatoms. The molecule has 0 heterocycles. The molecule has 3 N–H and O–H groups in total. The fourth-order valence-corrected chi connectivity index (χ4v) is 1.47. The molecule has 102 valence electrons. The van der Waals surface area contributed by atoms with E-state index in [1.165, 1.54) is 6.07 Å². The van der Waals surface area contributed by atoms with Gasteiger partial charge in [0.2, 0.25) is 0 Å². The Bertz CT molecular complexity index is 383. The lowest BCUT2D eigenvalue weighted by molar-refractivity contribution is 0.0562. The number of aliphatic hydroxyl groups is 1. The molecule has 1 unspecified atom stereocenters. The summed E-state index contributed by atoms with van der Waals surface area (Å²) in [4.78, 5) is 0. The van der Waals surface area contributed by atoms with Crippen molar-refractivity contribution in [3.8, 4) is 5.75 Å². The van der Waals surface area contributed by atoms with Crippen molar-refractivity contribution in [1.82, 2.24) is 0 Å². The summed E-state index contributed by atoms with van der Waals surface area (Å²) >= 11 is 0. The van der Waals surface area contributed by atoms with Crippen LogP contribution in [0.15, 0.2) is 18.2 Å². The van der Waals surface area contributed by atoms with Gasteiger partial charge in [0.1, 0.15) is 5.75 Å². The van der Waals surface area contributed by atoms with Gasteiger partial charge in [-0.25, -0.2) is 8.78 Å². The zero-order valence-electron chi connectivity index (χ0n) is 10.5. The Balaban J connectivity index is 2.24. The van der Waals surface area contributed by atoms with E-state index >= 15 is 0 Å². The van der Waals surface area contributed by atoms with Crippen molar-refractivity contribution in [3.05, 3.63) is 29.8 Å². The second-order valence-electron chi connectivity index (χ2n) is 4.58. The summed E-state index contributed by atoms with van der Waals surface area (Å²) in [6.07, 6.45) is 2.06. The molecule has 0 spiro atoms. The van der Waals surface area contributed by atoms with Crippen LogP contribution in [-0.2, 0) is 0 Å². The second-order valence-corrected chi connectivity index (χ2v) is 4.58. The van der Waals surface area contributed by atoms with Crippen LogP contribution in [-0.4, -0.2) is 23.9 Å². The van der Waals surface area contributed by atoms with Crippen LogP contribution in [0, 0.1) is 11.6 Å². The third-order valence-electron chi connectivity index (χ3n) is 2.71. The van der Waals surface area contributed by atoms with Crippen LogP contribution in [0.2, 0.25) is 0 Å². The molecule has 0 aromatic heterocycles. The Morgan fingerprint density at radius 3 is 2.61 bits per heavy atom. The Morgan fingerprint density at radius 2 is 2.00 bits per heavy atom. The van der Waals surface area contributed by atoms with Crippen molar-refractivity contribution in [3.63, 3.8) is 0 Å². The third kappa shape index (κ3) is 4.98. The molecule has 1 rings (SSSR count). The average molecular weight is 259 g/mol. The van der Waals surface area contributed by atoms with Crippen molar-refractivity contribution < 1.29 is 18.6 Å². The number of benzene rings is 1. The Morgan fingerprint density at radius 1 is 1.28 bits per heavy atom. The highest BCUT2D eigenvalue weighted by Crippen LogP contribution is 2.16. The number of ether oxygens (including phenoxy) is 1. The number of nitrogens with two attached hydrogens (primary N) is 1. The lowest BCUT2D eigenvalue weighted by atomic mass is 10.00. The smallest absolute Gasteiger partial charge is 0.162 e. The molecule has 1 aromatic carbocycles. The number of rotatable bonds is 7. The van der Waals surface area contributed by atoms with Crippen LogP contribution in [0.5, 0.6) is 5.75 Å². The van der Waals surface area contributed by atoms with Crippen LogP contribution in [0.25, 0.3) is 0 Å². The monoisotopic (exact) mass is 259 g/mol. The van der Waals surface area contributed by atoms with Gasteiger partial charge in [-0.05, 0) is 38.3 Å². The minimum absolute atomic E-state index is 0.219. The van der Waals surface area contributed by atoms with E-state index in [4.69, 9.17) is 10.5 Å². The van der Waals surface area contributed by atoms with E-state index < -0.39 is 17.2 Å². The maximum absolute atomic E-state index is 12.9. The molecule has 0 aliphatic carbocycles. The Hall–Kier alpha value is -1.20. The summed E-state index contributed by atoms with van der Waals surface area (Å²) in [6.45, 7) is 2.30. The lowest BCUT2D eigenvalue weighted by Gasteiger charge is -2.20. The summed E-state index contributed by atoms with van der Waals surface area (Å²) in [5.41, 5.74) is 4.54. The second kappa shape index (κ2) is 6.66. The van der Waals surface area contributed by atoms with E-state index in [-0.39, 0.29) is 6.54 Å². The van der Waals surface area contributed by atoms with Gasteiger partial charge >= 0.3 is 0 Å². The first kappa shape index (κ1) is 14.9. The molecule has 0 saturated carbocycles. The summed E-state index contributed by atoms with van der Waals surface area (Å²) in [5, 5.41) is 9.65. The largest absolute Gasteiger partial charge is 0.493 e. The van der Waals surface area contributed by atoms with Gasteiger partial charge in [0.05, 0.1) is 12.2 Å². The number of halogens is 2. The van der Waals surface area contributed by atoms with Gasteiger partial charge in [-0.3, -0.25) is 0 Å². The van der Waals surface area contributed by atoms with Gasteiger partial charge < -0.3 is 15.6 Å². The Labute approximate surface area is 106 Å². The molecular weight excluding hydrogens is 240 g/mol. The minimum Gasteiger partial charge on any atom is -0.493 e. The topological polar surface area (TPSA) is 55.5 Å². The van der Waals surface area contributed by atoms with Gasteiger partial charge in [0, 0.05) is 12.6 Å². The molecule has 1 aromatic rings. The van der Waals surface area contributed by atoms with Crippen molar-refractivity contribution in [1.29, 1.82) is 0 Å². The number of hydrogen-bond acceptors (Lipinski definition) is 3. The van der Waals surface area contributed by atoms with Crippen molar-refractivity contribution >= 4 is 0 Å². The van der Waals surface area contributed by atoms with Crippen LogP contribution >= 0.6 is 0 Å². The first-order valence-corrected chi connectivity index (χ1v) is 5.95. The fourth-order valence-electron chi connectivity index (χ4n) is 1.47. The summed E-state index contributed by atoms with van der Waals surface area (Å²) in [6, 6.07) is 3.43. The highest BCUT2D eigenvalue weighted by Gasteiger charge is 2.16. The van der Waals surface area contributed by atoms with Crippen molar-refractivity contribution in [2.24, 2.45) is 5.73 Å². The molecule has 0 radical (unpaired) electrons. The van der Waals surface area contributed by atoms with Gasteiger partial charge in [-0.2, -0.15) is 0 Å². The zero-order valence-corrected chi connectivity index (χ0v) is 10.5. The molecule has 0 bridgehead atoms. The predicted octanol–water partition coefficient (Wildman–Crippen LogP) is 2.22. The molecule has 0 fully saturated rings. The van der Waals surface area contributed by atoms with E-state index in [0.717, 1.165) is 25.0 Å². The molecule has 0 saturated heterocycles. The predicted molar refractivity (Wildman–Crippen MR) is 65.4 cm³/mol. The van der Waals surface area contributed by atoms with E-state index in [2.05, 4.69) is 0 Å². The van der Waals surface area contributed by atoms with Crippen molar-refractivity contribution in [2.75, 3.05) is 13.2 Å². The van der Waals surface area contributed by atoms with Crippen LogP contribution in [0.4, 0.5) is 8.78 Å². The summed E-state index contributed by atoms with van der Waals surface area (Å²) in [5.74, 6) is -1.50.